The van der Waals surface area contributed by atoms with E-state index in [2.05, 4.69) is 17.2 Å². The van der Waals surface area contributed by atoms with Gasteiger partial charge in [0, 0.05) is 34.6 Å². The highest BCUT2D eigenvalue weighted by molar-refractivity contribution is 5.99. The van der Waals surface area contributed by atoms with Crippen LogP contribution in [0.1, 0.15) is 38.3 Å². The smallest absolute Gasteiger partial charge is 0.278 e. The number of non-ortho nitro benzene ring substituents is 1. The molecule has 0 aliphatic heterocycles. The predicted molar refractivity (Wildman–Crippen MR) is 83.6 cm³/mol. The van der Waals surface area contributed by atoms with Gasteiger partial charge in [0.25, 0.3) is 5.69 Å². The van der Waals surface area contributed by atoms with Crippen LogP contribution in [0.25, 0.3) is 10.8 Å². The summed E-state index contributed by atoms with van der Waals surface area (Å²) in [4.78, 5) is 15.0. The van der Waals surface area contributed by atoms with Crippen molar-refractivity contribution >= 4 is 22.1 Å². The van der Waals surface area contributed by atoms with Gasteiger partial charge in [0.05, 0.1) is 10.3 Å². The molecule has 1 aromatic carbocycles. The summed E-state index contributed by atoms with van der Waals surface area (Å²) in [6.45, 7) is 4.09. The third-order valence-corrected chi connectivity index (χ3v) is 4.60. The summed E-state index contributed by atoms with van der Waals surface area (Å²) in [5.74, 6) is 0. The third-order valence-electron chi connectivity index (χ3n) is 4.60. The van der Waals surface area contributed by atoms with Crippen molar-refractivity contribution in [1.29, 1.82) is 0 Å². The SMILES string of the molecule is CCC1(Nc2ccc([N+](=O)[O-])c3cnc(C)cc23)CCC1. The number of nitrogens with zero attached hydrogens (tertiary/aromatic N) is 2. The quantitative estimate of drug-likeness (QED) is 0.675. The summed E-state index contributed by atoms with van der Waals surface area (Å²) in [5.41, 5.74) is 2.11. The first-order valence-electron chi connectivity index (χ1n) is 7.37. The normalized spacial score (nSPS) is 16.5. The lowest BCUT2D eigenvalue weighted by Gasteiger charge is -2.43. The van der Waals surface area contributed by atoms with E-state index in [0.29, 0.717) is 5.39 Å². The van der Waals surface area contributed by atoms with E-state index < -0.39 is 0 Å². The van der Waals surface area contributed by atoms with Crippen molar-refractivity contribution in [3.63, 3.8) is 0 Å². The molecule has 1 fully saturated rings. The zero-order valence-electron chi connectivity index (χ0n) is 12.3. The van der Waals surface area contributed by atoms with Crippen molar-refractivity contribution < 1.29 is 4.92 Å². The average molecular weight is 285 g/mol. The maximum Gasteiger partial charge on any atom is 0.278 e. The Morgan fingerprint density at radius 2 is 2.14 bits per heavy atom. The molecule has 0 radical (unpaired) electrons. The van der Waals surface area contributed by atoms with Gasteiger partial charge in [0.1, 0.15) is 0 Å². The fourth-order valence-electron chi connectivity index (χ4n) is 3.05. The van der Waals surface area contributed by atoms with E-state index in [4.69, 9.17) is 0 Å². The maximum absolute atomic E-state index is 11.2. The molecule has 1 saturated carbocycles. The fraction of sp³-hybridized carbons (Fsp3) is 0.438. The molecule has 5 nitrogen and oxygen atoms in total. The van der Waals surface area contributed by atoms with E-state index in [-0.39, 0.29) is 16.1 Å². The minimum Gasteiger partial charge on any atom is -0.379 e. The van der Waals surface area contributed by atoms with Gasteiger partial charge in [0.15, 0.2) is 0 Å². The Labute approximate surface area is 123 Å². The van der Waals surface area contributed by atoms with Crippen LogP contribution in [0, 0.1) is 17.0 Å². The van der Waals surface area contributed by atoms with Crippen molar-refractivity contribution in [2.75, 3.05) is 5.32 Å². The minimum atomic E-state index is -0.345. The molecule has 1 aliphatic carbocycles. The lowest BCUT2D eigenvalue weighted by Crippen LogP contribution is -2.44. The van der Waals surface area contributed by atoms with Gasteiger partial charge in [-0.05, 0) is 44.7 Å². The highest BCUT2D eigenvalue weighted by Gasteiger charge is 2.35. The maximum atomic E-state index is 11.2. The first kappa shape index (κ1) is 13.8. The summed E-state index contributed by atoms with van der Waals surface area (Å²) < 4.78 is 0. The number of benzene rings is 1. The van der Waals surface area contributed by atoms with Crippen LogP contribution in [0.2, 0.25) is 0 Å². The number of pyridine rings is 1. The van der Waals surface area contributed by atoms with Crippen LogP contribution in [-0.2, 0) is 0 Å². The Morgan fingerprint density at radius 3 is 2.71 bits per heavy atom. The second-order valence-corrected chi connectivity index (χ2v) is 5.87. The number of nitro groups is 1. The van der Waals surface area contributed by atoms with Crippen LogP contribution in [0.3, 0.4) is 0 Å². The molecule has 3 rings (SSSR count). The largest absolute Gasteiger partial charge is 0.379 e. The zero-order chi connectivity index (χ0) is 15.0. The van der Waals surface area contributed by atoms with Crippen molar-refractivity contribution in [2.24, 2.45) is 0 Å². The molecule has 2 aromatic rings. The Morgan fingerprint density at radius 1 is 1.38 bits per heavy atom. The van der Waals surface area contributed by atoms with Crippen LogP contribution in [-0.4, -0.2) is 15.4 Å². The molecule has 0 bridgehead atoms. The summed E-state index contributed by atoms with van der Waals surface area (Å²) in [5, 5.41) is 16.3. The molecular formula is C16H19N3O2. The molecule has 0 atom stereocenters. The molecule has 1 heterocycles. The van der Waals surface area contributed by atoms with Gasteiger partial charge < -0.3 is 5.32 Å². The number of hydrogen-bond acceptors (Lipinski definition) is 4. The molecule has 0 amide bonds. The Balaban J connectivity index is 2.13. The van der Waals surface area contributed by atoms with Gasteiger partial charge in [-0.15, -0.1) is 0 Å². The summed E-state index contributed by atoms with van der Waals surface area (Å²) in [7, 11) is 0. The average Bonchev–Trinajstić information content (AvgIpc) is 2.42. The van der Waals surface area contributed by atoms with Gasteiger partial charge >= 0.3 is 0 Å². The van der Waals surface area contributed by atoms with Gasteiger partial charge in [-0.2, -0.15) is 0 Å². The van der Waals surface area contributed by atoms with E-state index in [1.807, 2.05) is 19.1 Å². The molecule has 0 spiro atoms. The molecule has 0 saturated heterocycles. The highest BCUT2D eigenvalue weighted by atomic mass is 16.6. The molecule has 5 heteroatoms. The highest BCUT2D eigenvalue weighted by Crippen LogP contribution is 2.40. The summed E-state index contributed by atoms with van der Waals surface area (Å²) in [6, 6.07) is 5.33. The standard InChI is InChI=1S/C16H19N3O2/c1-3-16(7-4-8-16)18-14-5-6-15(19(20)21)13-10-17-11(2)9-12(13)14/h5-6,9-10,18H,3-4,7-8H2,1-2H3. The lowest BCUT2D eigenvalue weighted by molar-refractivity contribution is -0.383. The number of rotatable bonds is 4. The number of nitro benzene ring substituents is 1. The van der Waals surface area contributed by atoms with Crippen molar-refractivity contribution in [3.8, 4) is 0 Å². The molecule has 1 aliphatic rings. The van der Waals surface area contributed by atoms with Crippen molar-refractivity contribution in [3.05, 3.63) is 40.2 Å². The topological polar surface area (TPSA) is 68.1 Å². The molecule has 1 N–H and O–H groups in total. The first-order valence-corrected chi connectivity index (χ1v) is 7.37. The van der Waals surface area contributed by atoms with Crippen molar-refractivity contribution in [1.82, 2.24) is 4.98 Å². The first-order chi connectivity index (χ1) is 10.0. The second-order valence-electron chi connectivity index (χ2n) is 5.87. The summed E-state index contributed by atoms with van der Waals surface area (Å²) in [6.07, 6.45) is 6.23. The van der Waals surface area contributed by atoms with Crippen LogP contribution in [0.5, 0.6) is 0 Å². The number of nitrogens with one attached hydrogen (secondary N) is 1. The number of hydrogen-bond donors (Lipinski definition) is 1. The van der Waals surface area contributed by atoms with Crippen LogP contribution < -0.4 is 5.32 Å². The lowest BCUT2D eigenvalue weighted by atomic mass is 9.74. The van der Waals surface area contributed by atoms with Gasteiger partial charge in [0.2, 0.25) is 0 Å². The van der Waals surface area contributed by atoms with Crippen LogP contribution in [0.4, 0.5) is 11.4 Å². The van der Waals surface area contributed by atoms with E-state index in [9.17, 15) is 10.1 Å². The van der Waals surface area contributed by atoms with E-state index in [1.165, 1.54) is 6.42 Å². The van der Waals surface area contributed by atoms with E-state index in [0.717, 1.165) is 36.0 Å². The van der Waals surface area contributed by atoms with Gasteiger partial charge in [-0.3, -0.25) is 15.1 Å². The monoisotopic (exact) mass is 285 g/mol. The van der Waals surface area contributed by atoms with Crippen LogP contribution >= 0.6 is 0 Å². The molecule has 21 heavy (non-hydrogen) atoms. The van der Waals surface area contributed by atoms with E-state index >= 15 is 0 Å². The Hall–Kier alpha value is -2.17. The minimum absolute atomic E-state index is 0.113. The van der Waals surface area contributed by atoms with Gasteiger partial charge in [-0.1, -0.05) is 6.92 Å². The second kappa shape index (κ2) is 4.98. The Kier molecular flexibility index (Phi) is 3.27. The van der Waals surface area contributed by atoms with Crippen molar-refractivity contribution in [2.45, 2.75) is 45.1 Å². The number of anilines is 1. The molecular weight excluding hydrogens is 266 g/mol. The predicted octanol–water partition coefficient (Wildman–Crippen LogP) is 4.20. The van der Waals surface area contributed by atoms with Crippen LogP contribution in [0.15, 0.2) is 24.4 Å². The third kappa shape index (κ3) is 2.33. The molecule has 1 aromatic heterocycles. The fourth-order valence-corrected chi connectivity index (χ4v) is 3.05. The van der Waals surface area contributed by atoms with Gasteiger partial charge in [-0.25, -0.2) is 0 Å². The molecule has 0 unspecified atom stereocenters. The number of aryl methyl sites for hydroxylation is 1. The molecule has 110 valence electrons. The number of aromatic nitrogens is 1. The number of fused-ring (bicyclic) bond motifs is 1. The summed E-state index contributed by atoms with van der Waals surface area (Å²) >= 11 is 0. The Bertz CT molecular complexity index is 702. The van der Waals surface area contributed by atoms with E-state index in [1.54, 1.807) is 12.3 Å². The zero-order valence-corrected chi connectivity index (χ0v) is 12.3.